The van der Waals surface area contributed by atoms with Crippen LogP contribution in [0, 0.1) is 0 Å². The largest absolute Gasteiger partial charge is 0.330 e. The number of carbonyl (C=O) groups excluding carboxylic acids is 1. The number of Topliss-reactive ketones (excluding diaryl/α,β-unsaturated/α-hetero) is 1. The fourth-order valence-corrected chi connectivity index (χ4v) is 2.58. The molecule has 120 valence electrons. The van der Waals surface area contributed by atoms with Crippen molar-refractivity contribution < 1.29 is 4.79 Å². The molecular formula is C18H37NO. The van der Waals surface area contributed by atoms with Crippen molar-refractivity contribution in [2.45, 2.75) is 103 Å². The molecule has 0 heterocycles. The van der Waals surface area contributed by atoms with E-state index in [1.54, 1.807) is 0 Å². The van der Waals surface area contributed by atoms with Crippen molar-refractivity contribution in [2.24, 2.45) is 5.73 Å². The molecule has 0 saturated heterocycles. The zero-order chi connectivity index (χ0) is 14.9. The Balaban J connectivity index is 3.07. The zero-order valence-corrected chi connectivity index (χ0v) is 13.8. The molecule has 0 rings (SSSR count). The van der Waals surface area contributed by atoms with E-state index in [1.807, 2.05) is 0 Å². The van der Waals surface area contributed by atoms with E-state index in [1.165, 1.54) is 64.2 Å². The van der Waals surface area contributed by atoms with Gasteiger partial charge in [-0.2, -0.15) is 0 Å². The third-order valence-electron chi connectivity index (χ3n) is 3.97. The Hall–Kier alpha value is -0.370. The minimum atomic E-state index is 0.439. The van der Waals surface area contributed by atoms with Gasteiger partial charge in [0, 0.05) is 12.8 Å². The van der Waals surface area contributed by atoms with E-state index in [0.29, 0.717) is 12.3 Å². The number of rotatable bonds is 16. The lowest BCUT2D eigenvalue weighted by Crippen LogP contribution is -2.02. The SMILES string of the molecule is CCCCCCCCCCCCCC(=O)CCCCN. The molecule has 0 fully saturated rings. The van der Waals surface area contributed by atoms with Gasteiger partial charge in [-0.05, 0) is 25.8 Å². The molecular weight excluding hydrogens is 246 g/mol. The van der Waals surface area contributed by atoms with Gasteiger partial charge in [-0.15, -0.1) is 0 Å². The van der Waals surface area contributed by atoms with Crippen LogP contribution in [0.2, 0.25) is 0 Å². The van der Waals surface area contributed by atoms with Gasteiger partial charge in [0.15, 0.2) is 0 Å². The van der Waals surface area contributed by atoms with Gasteiger partial charge < -0.3 is 5.73 Å². The van der Waals surface area contributed by atoms with Crippen molar-refractivity contribution >= 4 is 5.78 Å². The quantitative estimate of drug-likeness (QED) is 0.386. The van der Waals surface area contributed by atoms with Crippen LogP contribution in [0.3, 0.4) is 0 Å². The van der Waals surface area contributed by atoms with Gasteiger partial charge in [-0.1, -0.05) is 71.1 Å². The Bertz CT molecular complexity index is 204. The van der Waals surface area contributed by atoms with E-state index in [2.05, 4.69) is 6.92 Å². The summed E-state index contributed by atoms with van der Waals surface area (Å²) in [7, 11) is 0. The third-order valence-corrected chi connectivity index (χ3v) is 3.97. The van der Waals surface area contributed by atoms with E-state index >= 15 is 0 Å². The topological polar surface area (TPSA) is 43.1 Å². The molecule has 20 heavy (non-hydrogen) atoms. The van der Waals surface area contributed by atoms with Crippen molar-refractivity contribution in [1.29, 1.82) is 0 Å². The minimum absolute atomic E-state index is 0.439. The summed E-state index contributed by atoms with van der Waals surface area (Å²) in [4.78, 5) is 11.5. The zero-order valence-electron chi connectivity index (χ0n) is 13.8. The molecule has 0 amide bonds. The average molecular weight is 283 g/mol. The maximum atomic E-state index is 11.5. The number of unbranched alkanes of at least 4 members (excludes halogenated alkanes) is 11. The molecule has 2 N–H and O–H groups in total. The van der Waals surface area contributed by atoms with Crippen LogP contribution in [0.25, 0.3) is 0 Å². The van der Waals surface area contributed by atoms with Crippen LogP contribution in [-0.4, -0.2) is 12.3 Å². The van der Waals surface area contributed by atoms with E-state index in [4.69, 9.17) is 5.73 Å². The molecule has 2 heteroatoms. The average Bonchev–Trinajstić information content (AvgIpc) is 2.45. The van der Waals surface area contributed by atoms with Gasteiger partial charge in [-0.3, -0.25) is 4.79 Å². The standard InChI is InChI=1S/C18H37NO/c1-2-3-4-5-6-7-8-9-10-11-12-15-18(20)16-13-14-17-19/h2-17,19H2,1H3. The highest BCUT2D eigenvalue weighted by atomic mass is 16.1. The van der Waals surface area contributed by atoms with Crippen LogP contribution >= 0.6 is 0 Å². The Labute approximate surface area is 126 Å². The molecule has 0 unspecified atom stereocenters. The first-order chi connectivity index (χ1) is 9.81. The summed E-state index contributed by atoms with van der Waals surface area (Å²) in [6.07, 6.45) is 18.3. The summed E-state index contributed by atoms with van der Waals surface area (Å²) in [5.74, 6) is 0.439. The maximum absolute atomic E-state index is 11.5. The first-order valence-corrected chi connectivity index (χ1v) is 9.03. The van der Waals surface area contributed by atoms with Crippen molar-refractivity contribution in [1.82, 2.24) is 0 Å². The van der Waals surface area contributed by atoms with Crippen LogP contribution in [-0.2, 0) is 4.79 Å². The van der Waals surface area contributed by atoms with Gasteiger partial charge >= 0.3 is 0 Å². The fourth-order valence-electron chi connectivity index (χ4n) is 2.58. The molecule has 0 saturated carbocycles. The van der Waals surface area contributed by atoms with Crippen LogP contribution in [0.1, 0.15) is 103 Å². The molecule has 0 aromatic heterocycles. The fraction of sp³-hybridized carbons (Fsp3) is 0.944. The molecule has 0 radical (unpaired) electrons. The van der Waals surface area contributed by atoms with Crippen molar-refractivity contribution in [3.63, 3.8) is 0 Å². The summed E-state index contributed by atoms with van der Waals surface area (Å²) < 4.78 is 0. The summed E-state index contributed by atoms with van der Waals surface area (Å²) in [5, 5.41) is 0. The van der Waals surface area contributed by atoms with Gasteiger partial charge in [0.05, 0.1) is 0 Å². The predicted molar refractivity (Wildman–Crippen MR) is 89.0 cm³/mol. The molecule has 2 nitrogen and oxygen atoms in total. The van der Waals surface area contributed by atoms with Gasteiger partial charge in [0.1, 0.15) is 5.78 Å². The minimum Gasteiger partial charge on any atom is -0.330 e. The van der Waals surface area contributed by atoms with E-state index in [-0.39, 0.29) is 0 Å². The molecule has 0 aliphatic rings. The first kappa shape index (κ1) is 19.6. The first-order valence-electron chi connectivity index (χ1n) is 9.03. The highest BCUT2D eigenvalue weighted by Gasteiger charge is 2.01. The Morgan fingerprint density at radius 3 is 1.50 bits per heavy atom. The van der Waals surface area contributed by atoms with E-state index in [9.17, 15) is 4.79 Å². The highest BCUT2D eigenvalue weighted by Crippen LogP contribution is 2.12. The number of hydrogen-bond acceptors (Lipinski definition) is 2. The van der Waals surface area contributed by atoms with Crippen LogP contribution in [0.4, 0.5) is 0 Å². The molecule has 0 aromatic rings. The predicted octanol–water partition coefficient (Wildman–Crippen LogP) is 5.39. The second kappa shape index (κ2) is 16.7. The van der Waals surface area contributed by atoms with Crippen LogP contribution in [0.15, 0.2) is 0 Å². The van der Waals surface area contributed by atoms with Crippen molar-refractivity contribution in [3.8, 4) is 0 Å². The summed E-state index contributed by atoms with van der Waals surface area (Å²) >= 11 is 0. The Kier molecular flexibility index (Phi) is 16.4. The smallest absolute Gasteiger partial charge is 0.132 e. The molecule has 0 spiro atoms. The maximum Gasteiger partial charge on any atom is 0.132 e. The van der Waals surface area contributed by atoms with E-state index in [0.717, 1.165) is 32.1 Å². The lowest BCUT2D eigenvalue weighted by atomic mass is 10.0. The molecule has 0 bridgehead atoms. The molecule has 0 aliphatic carbocycles. The number of ketones is 1. The van der Waals surface area contributed by atoms with Gasteiger partial charge in [0.25, 0.3) is 0 Å². The highest BCUT2D eigenvalue weighted by molar-refractivity contribution is 5.78. The lowest BCUT2D eigenvalue weighted by molar-refractivity contribution is -0.119. The Morgan fingerprint density at radius 2 is 1.05 bits per heavy atom. The molecule has 0 aliphatic heterocycles. The van der Waals surface area contributed by atoms with Gasteiger partial charge in [0.2, 0.25) is 0 Å². The second-order valence-corrected chi connectivity index (χ2v) is 6.07. The molecule has 0 atom stereocenters. The van der Waals surface area contributed by atoms with Crippen LogP contribution < -0.4 is 5.73 Å². The Morgan fingerprint density at radius 1 is 0.650 bits per heavy atom. The van der Waals surface area contributed by atoms with Gasteiger partial charge in [-0.25, -0.2) is 0 Å². The van der Waals surface area contributed by atoms with Crippen molar-refractivity contribution in [2.75, 3.05) is 6.54 Å². The van der Waals surface area contributed by atoms with Crippen molar-refractivity contribution in [3.05, 3.63) is 0 Å². The number of hydrogen-bond donors (Lipinski definition) is 1. The normalized spacial score (nSPS) is 10.9. The monoisotopic (exact) mass is 283 g/mol. The van der Waals surface area contributed by atoms with E-state index < -0.39 is 0 Å². The second-order valence-electron chi connectivity index (χ2n) is 6.07. The third kappa shape index (κ3) is 15.7. The summed E-state index contributed by atoms with van der Waals surface area (Å²) in [6.45, 7) is 2.98. The van der Waals surface area contributed by atoms with Crippen LogP contribution in [0.5, 0.6) is 0 Å². The summed E-state index contributed by atoms with van der Waals surface area (Å²) in [5.41, 5.74) is 5.42. The number of carbonyl (C=O) groups is 1. The summed E-state index contributed by atoms with van der Waals surface area (Å²) in [6, 6.07) is 0. The number of nitrogens with two attached hydrogens (primary N) is 1. The molecule has 0 aromatic carbocycles. The lowest BCUT2D eigenvalue weighted by Gasteiger charge is -2.03.